The smallest absolute Gasteiger partial charge is 0.115 e. The second-order valence-corrected chi connectivity index (χ2v) is 6.14. The Kier molecular flexibility index (Phi) is 3.32. The fourth-order valence-electron chi connectivity index (χ4n) is 2.67. The van der Waals surface area contributed by atoms with Crippen LogP contribution in [0.2, 0.25) is 0 Å². The molecule has 1 heterocycles. The van der Waals surface area contributed by atoms with Gasteiger partial charge in [-0.15, -0.1) is 0 Å². The van der Waals surface area contributed by atoms with E-state index in [-0.39, 0.29) is 0 Å². The minimum absolute atomic E-state index is 0.346. The normalized spacial score (nSPS) is 18.4. The van der Waals surface area contributed by atoms with Gasteiger partial charge >= 0.3 is 0 Å². The first kappa shape index (κ1) is 12.3. The fraction of sp³-hybridized carbons (Fsp3) is 0.600. The summed E-state index contributed by atoms with van der Waals surface area (Å²) in [7, 11) is 0. The maximum atomic E-state index is 9.29. The van der Waals surface area contributed by atoms with Gasteiger partial charge in [0.05, 0.1) is 0 Å². The Bertz CT molecular complexity index is 356. The molecule has 1 saturated heterocycles. The van der Waals surface area contributed by atoms with E-state index in [1.54, 1.807) is 12.1 Å². The van der Waals surface area contributed by atoms with Crippen LogP contribution in [-0.2, 0) is 0 Å². The first-order chi connectivity index (χ1) is 7.97. The van der Waals surface area contributed by atoms with Crippen LogP contribution in [0.5, 0.6) is 5.75 Å². The number of phenolic OH excluding ortho intramolecular Hbond substituents is 1. The van der Waals surface area contributed by atoms with Crippen molar-refractivity contribution in [2.45, 2.75) is 33.6 Å². The molecule has 0 saturated carbocycles. The Balaban J connectivity index is 1.97. The van der Waals surface area contributed by atoms with E-state index in [1.807, 2.05) is 12.1 Å². The molecule has 1 aliphatic heterocycles. The van der Waals surface area contributed by atoms with E-state index in [2.05, 4.69) is 25.7 Å². The van der Waals surface area contributed by atoms with E-state index in [0.717, 1.165) is 19.0 Å². The van der Waals surface area contributed by atoms with Gasteiger partial charge < -0.3 is 10.0 Å². The molecule has 0 radical (unpaired) electrons. The molecule has 1 aromatic rings. The molecule has 2 rings (SSSR count). The highest BCUT2D eigenvalue weighted by Gasteiger charge is 2.28. The number of anilines is 1. The minimum atomic E-state index is 0.346. The van der Waals surface area contributed by atoms with E-state index >= 15 is 0 Å². The van der Waals surface area contributed by atoms with Gasteiger partial charge in [0.1, 0.15) is 5.75 Å². The molecule has 0 spiro atoms. The zero-order valence-corrected chi connectivity index (χ0v) is 11.1. The molecule has 94 valence electrons. The molecule has 1 N–H and O–H groups in total. The molecule has 0 amide bonds. The van der Waals surface area contributed by atoms with Crippen molar-refractivity contribution in [2.24, 2.45) is 11.3 Å². The average molecular weight is 233 g/mol. The summed E-state index contributed by atoms with van der Waals surface area (Å²) in [5.41, 5.74) is 1.66. The number of hydrogen-bond donors (Lipinski definition) is 1. The summed E-state index contributed by atoms with van der Waals surface area (Å²) in [5.74, 6) is 1.18. The van der Waals surface area contributed by atoms with E-state index in [0.29, 0.717) is 11.2 Å². The molecule has 1 aliphatic rings. The predicted molar refractivity (Wildman–Crippen MR) is 72.5 cm³/mol. The number of rotatable bonds is 1. The Labute approximate surface area is 104 Å². The van der Waals surface area contributed by atoms with Gasteiger partial charge in [-0.2, -0.15) is 0 Å². The highest BCUT2D eigenvalue weighted by atomic mass is 16.3. The van der Waals surface area contributed by atoms with Gasteiger partial charge in [0.15, 0.2) is 0 Å². The summed E-state index contributed by atoms with van der Waals surface area (Å²) in [6, 6.07) is 7.55. The van der Waals surface area contributed by atoms with Crippen molar-refractivity contribution in [3.05, 3.63) is 24.3 Å². The van der Waals surface area contributed by atoms with Crippen molar-refractivity contribution >= 4 is 5.69 Å². The minimum Gasteiger partial charge on any atom is -0.508 e. The van der Waals surface area contributed by atoms with Gasteiger partial charge in [0, 0.05) is 18.8 Å². The standard InChI is InChI=1S/C15H23NO/c1-15(2,3)12-8-10-16(11-9-12)13-4-6-14(17)7-5-13/h4-7,12,17H,8-11H2,1-3H3. The third-order valence-electron chi connectivity index (χ3n) is 3.93. The van der Waals surface area contributed by atoms with Crippen LogP contribution in [0.1, 0.15) is 33.6 Å². The number of piperidine rings is 1. The molecule has 0 aliphatic carbocycles. The molecule has 17 heavy (non-hydrogen) atoms. The highest BCUT2D eigenvalue weighted by molar-refractivity contribution is 5.49. The number of nitrogens with zero attached hydrogens (tertiary/aromatic N) is 1. The summed E-state index contributed by atoms with van der Waals surface area (Å²) >= 11 is 0. The van der Waals surface area contributed by atoms with Gasteiger partial charge in [-0.1, -0.05) is 20.8 Å². The number of benzene rings is 1. The quantitative estimate of drug-likeness (QED) is 0.800. The molecule has 1 aromatic carbocycles. The van der Waals surface area contributed by atoms with E-state index in [1.165, 1.54) is 18.5 Å². The van der Waals surface area contributed by atoms with Crippen molar-refractivity contribution in [1.82, 2.24) is 0 Å². The third-order valence-corrected chi connectivity index (χ3v) is 3.93. The van der Waals surface area contributed by atoms with Crippen LogP contribution in [0.15, 0.2) is 24.3 Å². The van der Waals surface area contributed by atoms with E-state index < -0.39 is 0 Å². The number of hydrogen-bond acceptors (Lipinski definition) is 2. The summed E-state index contributed by atoms with van der Waals surface area (Å²) in [4.78, 5) is 2.42. The zero-order valence-electron chi connectivity index (χ0n) is 11.1. The van der Waals surface area contributed by atoms with Crippen molar-refractivity contribution < 1.29 is 5.11 Å². The Morgan fingerprint density at radius 3 is 2.06 bits per heavy atom. The monoisotopic (exact) mass is 233 g/mol. The van der Waals surface area contributed by atoms with E-state index in [9.17, 15) is 5.11 Å². The topological polar surface area (TPSA) is 23.5 Å². The zero-order chi connectivity index (χ0) is 12.5. The Morgan fingerprint density at radius 2 is 1.59 bits per heavy atom. The summed E-state index contributed by atoms with van der Waals surface area (Å²) in [5, 5.41) is 9.29. The van der Waals surface area contributed by atoms with Crippen LogP contribution < -0.4 is 4.90 Å². The lowest BCUT2D eigenvalue weighted by atomic mass is 9.75. The largest absolute Gasteiger partial charge is 0.508 e. The lowest BCUT2D eigenvalue weighted by molar-refractivity contribution is 0.199. The fourth-order valence-corrected chi connectivity index (χ4v) is 2.67. The summed E-state index contributed by atoms with van der Waals surface area (Å²) in [6.07, 6.45) is 2.54. The lowest BCUT2D eigenvalue weighted by Gasteiger charge is -2.39. The molecule has 0 atom stereocenters. The number of phenols is 1. The first-order valence-electron chi connectivity index (χ1n) is 6.51. The molecule has 2 nitrogen and oxygen atoms in total. The van der Waals surface area contributed by atoms with Gasteiger partial charge in [0.2, 0.25) is 0 Å². The predicted octanol–water partition coefficient (Wildman–Crippen LogP) is 3.65. The van der Waals surface area contributed by atoms with Crippen molar-refractivity contribution in [1.29, 1.82) is 0 Å². The maximum absolute atomic E-state index is 9.29. The van der Waals surface area contributed by atoms with Crippen LogP contribution in [0.4, 0.5) is 5.69 Å². The van der Waals surface area contributed by atoms with Crippen molar-refractivity contribution in [2.75, 3.05) is 18.0 Å². The second-order valence-electron chi connectivity index (χ2n) is 6.14. The Morgan fingerprint density at radius 1 is 1.06 bits per heavy atom. The molecular weight excluding hydrogens is 210 g/mol. The van der Waals surface area contributed by atoms with Crippen LogP contribution in [0.25, 0.3) is 0 Å². The molecule has 0 bridgehead atoms. The van der Waals surface area contributed by atoms with Crippen LogP contribution >= 0.6 is 0 Å². The molecule has 0 unspecified atom stereocenters. The van der Waals surface area contributed by atoms with Gasteiger partial charge in [-0.05, 0) is 48.4 Å². The molecular formula is C15H23NO. The molecule has 0 aromatic heterocycles. The van der Waals surface area contributed by atoms with Crippen LogP contribution in [0, 0.1) is 11.3 Å². The number of aromatic hydroxyl groups is 1. The van der Waals surface area contributed by atoms with E-state index in [4.69, 9.17) is 0 Å². The van der Waals surface area contributed by atoms with Crippen LogP contribution in [0.3, 0.4) is 0 Å². The molecule has 2 heteroatoms. The Hall–Kier alpha value is -1.18. The van der Waals surface area contributed by atoms with Gasteiger partial charge in [0.25, 0.3) is 0 Å². The molecule has 1 fully saturated rings. The summed E-state index contributed by atoms with van der Waals surface area (Å²) < 4.78 is 0. The lowest BCUT2D eigenvalue weighted by Crippen LogP contribution is -2.37. The summed E-state index contributed by atoms with van der Waals surface area (Å²) in [6.45, 7) is 9.29. The maximum Gasteiger partial charge on any atom is 0.115 e. The van der Waals surface area contributed by atoms with Gasteiger partial charge in [-0.3, -0.25) is 0 Å². The first-order valence-corrected chi connectivity index (χ1v) is 6.51. The average Bonchev–Trinajstić information content (AvgIpc) is 2.29. The van der Waals surface area contributed by atoms with Crippen LogP contribution in [-0.4, -0.2) is 18.2 Å². The second kappa shape index (κ2) is 4.59. The highest BCUT2D eigenvalue weighted by Crippen LogP contribution is 2.35. The van der Waals surface area contributed by atoms with Crippen molar-refractivity contribution in [3.63, 3.8) is 0 Å². The SMILES string of the molecule is CC(C)(C)C1CCN(c2ccc(O)cc2)CC1. The van der Waals surface area contributed by atoms with Crippen molar-refractivity contribution in [3.8, 4) is 5.75 Å². The van der Waals surface area contributed by atoms with Gasteiger partial charge in [-0.25, -0.2) is 0 Å². The third kappa shape index (κ3) is 2.93.